The normalized spacial score (nSPS) is 11.7. The van der Waals surface area contributed by atoms with Crippen LogP contribution in [0.5, 0.6) is 0 Å². The molecule has 36 heavy (non-hydrogen) atoms. The molecule has 0 fully saturated rings. The van der Waals surface area contributed by atoms with Crippen LogP contribution in [0.15, 0.2) is 109 Å². The fourth-order valence-electron chi connectivity index (χ4n) is 4.28. The lowest BCUT2D eigenvalue weighted by Gasteiger charge is -2.28. The van der Waals surface area contributed by atoms with E-state index in [4.69, 9.17) is 4.74 Å². The molecule has 0 amide bonds. The van der Waals surface area contributed by atoms with Gasteiger partial charge in [0.25, 0.3) is 0 Å². The van der Waals surface area contributed by atoms with Crippen LogP contribution in [0.25, 0.3) is 0 Å². The van der Waals surface area contributed by atoms with Gasteiger partial charge in [-0.1, -0.05) is 91.0 Å². The number of alkyl halides is 1. The molecule has 0 spiro atoms. The number of benzene rings is 3. The molecule has 3 aromatic carbocycles. The zero-order chi connectivity index (χ0) is 25.0. The molecule has 0 radical (unpaired) electrons. The molecule has 0 aliphatic rings. The Morgan fingerprint density at radius 2 is 1.47 bits per heavy atom. The van der Waals surface area contributed by atoms with Crippen molar-refractivity contribution in [2.45, 2.75) is 17.6 Å². The maximum atomic E-state index is 12.3. The van der Waals surface area contributed by atoms with Gasteiger partial charge in [-0.15, -0.1) is 0 Å². The summed E-state index contributed by atoms with van der Waals surface area (Å²) in [6.07, 6.45) is 2.64. The molecule has 184 valence electrons. The van der Waals surface area contributed by atoms with E-state index < -0.39 is 0 Å². The predicted octanol–water partition coefficient (Wildman–Crippen LogP) is 7.22. The lowest BCUT2D eigenvalue weighted by atomic mass is 9.86. The smallest absolute Gasteiger partial charge is 0.342 e. The number of ether oxygens (including phenoxy) is 1. The maximum absolute atomic E-state index is 12.3. The van der Waals surface area contributed by atoms with Crippen molar-refractivity contribution >= 4 is 46.1 Å². The number of aromatic nitrogens is 1. The minimum atomic E-state index is -0.358. The van der Waals surface area contributed by atoms with E-state index in [0.29, 0.717) is 27.8 Å². The van der Waals surface area contributed by atoms with Gasteiger partial charge < -0.3 is 10.1 Å². The Kier molecular flexibility index (Phi) is 10.2. The van der Waals surface area contributed by atoms with Crippen LogP contribution in [-0.4, -0.2) is 33.1 Å². The molecule has 1 aromatic heterocycles. The molecule has 1 heterocycles. The second-order valence-electron chi connectivity index (χ2n) is 8.27. The first kappa shape index (κ1) is 26.2. The summed E-state index contributed by atoms with van der Waals surface area (Å²) >= 11 is 3.97. The number of carbonyl (C=O) groups excluding carboxylic acids is 1. The number of anilines is 1. The van der Waals surface area contributed by atoms with Crippen LogP contribution in [0.3, 0.4) is 0 Å². The van der Waals surface area contributed by atoms with Crippen molar-refractivity contribution in [1.29, 1.82) is 0 Å². The van der Waals surface area contributed by atoms with E-state index in [1.165, 1.54) is 16.7 Å². The third-order valence-corrected chi connectivity index (χ3v) is 7.53. The highest BCUT2D eigenvalue weighted by Crippen LogP contribution is 2.37. The number of esters is 1. The summed E-state index contributed by atoms with van der Waals surface area (Å²) in [5.41, 5.74) is 4.43. The van der Waals surface area contributed by atoms with Crippen LogP contribution < -0.4 is 5.32 Å². The summed E-state index contributed by atoms with van der Waals surface area (Å²) in [7, 11) is 0. The van der Waals surface area contributed by atoms with Crippen molar-refractivity contribution in [2.75, 3.05) is 22.2 Å². The molecule has 0 aliphatic carbocycles. The molecule has 6 heteroatoms. The van der Waals surface area contributed by atoms with E-state index in [9.17, 15) is 4.79 Å². The van der Waals surface area contributed by atoms with Crippen molar-refractivity contribution in [2.24, 2.45) is 0 Å². The summed E-state index contributed by atoms with van der Waals surface area (Å²) in [5.74, 6) is 1.32. The van der Waals surface area contributed by atoms with E-state index >= 15 is 0 Å². The second kappa shape index (κ2) is 14.0. The molecule has 0 aliphatic heterocycles. The Balaban J connectivity index is 1.53. The van der Waals surface area contributed by atoms with Gasteiger partial charge in [0.05, 0.1) is 0 Å². The number of thioether (sulfide) groups is 1. The maximum Gasteiger partial charge on any atom is 0.342 e. The Morgan fingerprint density at radius 3 is 2.08 bits per heavy atom. The van der Waals surface area contributed by atoms with Gasteiger partial charge in [0.15, 0.2) is 0 Å². The number of hydrogen-bond acceptors (Lipinski definition) is 5. The lowest BCUT2D eigenvalue weighted by Crippen LogP contribution is -2.22. The fraction of sp³-hybridized carbons (Fsp3) is 0.200. The van der Waals surface area contributed by atoms with Crippen molar-refractivity contribution in [3.05, 3.63) is 132 Å². The van der Waals surface area contributed by atoms with Gasteiger partial charge >= 0.3 is 5.97 Å². The van der Waals surface area contributed by atoms with Gasteiger partial charge in [-0.25, -0.2) is 9.78 Å². The molecule has 1 atom stereocenters. The monoisotopic (exact) mass is 608 g/mol. The zero-order valence-electron chi connectivity index (χ0n) is 19.9. The lowest BCUT2D eigenvalue weighted by molar-refractivity contribution is 0.0591. The third-order valence-electron chi connectivity index (χ3n) is 5.91. The first-order chi connectivity index (χ1) is 17.8. The number of carbonyl (C=O) groups is 1. The summed E-state index contributed by atoms with van der Waals surface area (Å²) in [6.45, 7) is 0.688. The summed E-state index contributed by atoms with van der Waals surface area (Å²) < 4.78 is 5.48. The number of pyridine rings is 1. The molecule has 0 bridgehead atoms. The van der Waals surface area contributed by atoms with Crippen LogP contribution in [0.1, 0.15) is 33.0 Å². The summed E-state index contributed by atoms with van der Waals surface area (Å²) in [5, 5.41) is 3.68. The molecule has 0 saturated carbocycles. The number of hydrogen-bond donors (Lipinski definition) is 1. The van der Waals surface area contributed by atoms with E-state index in [1.54, 1.807) is 18.3 Å². The largest absolute Gasteiger partial charge is 0.451 e. The molecule has 4 nitrogen and oxygen atoms in total. The van der Waals surface area contributed by atoms with Crippen molar-refractivity contribution in [1.82, 2.24) is 4.98 Å². The van der Waals surface area contributed by atoms with E-state index in [-0.39, 0.29) is 11.9 Å². The Hall–Kier alpha value is -2.84. The van der Waals surface area contributed by atoms with Crippen LogP contribution in [-0.2, 0) is 11.2 Å². The Bertz CT molecular complexity index is 1170. The molecule has 4 aromatic rings. The SMILES string of the molecule is O=C(OCI)c1cccnc1NCCSC(Cc1ccccc1)C(c1ccccc1)c1ccccc1. The van der Waals surface area contributed by atoms with Crippen LogP contribution in [0, 0.1) is 0 Å². The molecule has 1 N–H and O–H groups in total. The van der Waals surface area contributed by atoms with Gasteiger partial charge in [0.1, 0.15) is 16.0 Å². The Labute approximate surface area is 231 Å². The van der Waals surface area contributed by atoms with Crippen molar-refractivity contribution < 1.29 is 9.53 Å². The molecular formula is C30H29IN2O2S. The highest BCUT2D eigenvalue weighted by Gasteiger charge is 2.26. The van der Waals surface area contributed by atoms with Crippen LogP contribution in [0.2, 0.25) is 0 Å². The average Bonchev–Trinajstić information content (AvgIpc) is 2.93. The van der Waals surface area contributed by atoms with E-state index in [1.807, 2.05) is 34.4 Å². The zero-order valence-corrected chi connectivity index (χ0v) is 22.9. The van der Waals surface area contributed by atoms with E-state index in [2.05, 4.69) is 101 Å². The summed E-state index contributed by atoms with van der Waals surface area (Å²) in [4.78, 5) is 16.7. The van der Waals surface area contributed by atoms with Gasteiger partial charge in [-0.2, -0.15) is 11.8 Å². The standard InChI is InChI=1S/C30H29IN2O2S/c31-22-35-30(34)26-17-10-18-32-29(26)33-19-20-36-27(21-23-11-4-1-5-12-23)28(24-13-6-2-7-14-24)25-15-8-3-9-16-25/h1-18,27-28H,19-22H2,(H,32,33). The highest BCUT2D eigenvalue weighted by atomic mass is 127. The number of nitrogens with zero attached hydrogens (tertiary/aromatic N) is 1. The molecule has 4 rings (SSSR count). The summed E-state index contributed by atoms with van der Waals surface area (Å²) in [6, 6.07) is 35.7. The Morgan fingerprint density at radius 1 is 0.861 bits per heavy atom. The van der Waals surface area contributed by atoms with Crippen molar-refractivity contribution in [3.63, 3.8) is 0 Å². The second-order valence-corrected chi connectivity index (χ2v) is 10.2. The number of nitrogens with one attached hydrogen (secondary N) is 1. The topological polar surface area (TPSA) is 51.2 Å². The minimum Gasteiger partial charge on any atom is -0.451 e. The van der Waals surface area contributed by atoms with Crippen LogP contribution >= 0.6 is 34.4 Å². The van der Waals surface area contributed by atoms with Gasteiger partial charge in [-0.05, 0) is 57.8 Å². The first-order valence-electron chi connectivity index (χ1n) is 11.9. The molecule has 0 saturated heterocycles. The predicted molar refractivity (Wildman–Crippen MR) is 158 cm³/mol. The van der Waals surface area contributed by atoms with Gasteiger partial charge in [0.2, 0.25) is 0 Å². The van der Waals surface area contributed by atoms with Gasteiger partial charge in [-0.3, -0.25) is 0 Å². The van der Waals surface area contributed by atoms with Gasteiger partial charge in [0, 0.05) is 29.7 Å². The van der Waals surface area contributed by atoms with E-state index in [0.717, 1.165) is 12.2 Å². The quantitative estimate of drug-likeness (QED) is 0.0797. The number of halogens is 1. The highest BCUT2D eigenvalue weighted by molar-refractivity contribution is 14.1. The minimum absolute atomic E-state index is 0.252. The third kappa shape index (κ3) is 7.34. The number of rotatable bonds is 12. The van der Waals surface area contributed by atoms with Crippen molar-refractivity contribution in [3.8, 4) is 0 Å². The average molecular weight is 609 g/mol. The molecular weight excluding hydrogens is 579 g/mol. The first-order valence-corrected chi connectivity index (χ1v) is 14.5. The van der Waals surface area contributed by atoms with Crippen LogP contribution in [0.4, 0.5) is 5.82 Å². The fourth-order valence-corrected chi connectivity index (χ4v) is 5.90. The molecule has 1 unspecified atom stereocenters.